The lowest BCUT2D eigenvalue weighted by Gasteiger charge is -2.14. The zero-order chi connectivity index (χ0) is 13.0. The minimum atomic E-state index is -0.271. The second-order valence-corrected chi connectivity index (χ2v) is 5.58. The van der Waals surface area contributed by atoms with E-state index in [0.717, 1.165) is 29.4 Å². The lowest BCUT2D eigenvalue weighted by atomic mass is 10.2. The van der Waals surface area contributed by atoms with Crippen LogP contribution in [0.4, 0.5) is 0 Å². The number of aromatic nitrogens is 2. The Balaban J connectivity index is 1.77. The van der Waals surface area contributed by atoms with E-state index in [9.17, 15) is 4.79 Å². The van der Waals surface area contributed by atoms with Gasteiger partial charge in [0.15, 0.2) is 5.16 Å². The summed E-state index contributed by atoms with van der Waals surface area (Å²) >= 11 is 1.56. The molecule has 6 heteroatoms. The average molecular weight is 266 g/mol. The predicted octanol–water partition coefficient (Wildman–Crippen LogP) is 0.873. The quantitative estimate of drug-likeness (QED) is 0.565. The summed E-state index contributed by atoms with van der Waals surface area (Å²) in [5.74, 6) is 0.518. The molecule has 0 bridgehead atoms. The average Bonchev–Trinajstić information content (AvgIpc) is 3.11. The molecule has 18 heavy (non-hydrogen) atoms. The highest BCUT2D eigenvalue weighted by atomic mass is 32.2. The zero-order valence-corrected chi connectivity index (χ0v) is 11.2. The van der Waals surface area contributed by atoms with E-state index in [-0.39, 0.29) is 11.9 Å². The minimum absolute atomic E-state index is 0.227. The standard InChI is InChI=1S/C12H18N4OS/c1-8-4-6-14-12(15-8)18-7-5-10(11(13)17)16-9-2-3-9/h4,6,9-10,16H,2-3,5,7H2,1H3,(H2,13,17). The second kappa shape index (κ2) is 6.15. The fourth-order valence-corrected chi connectivity index (χ4v) is 2.49. The van der Waals surface area contributed by atoms with E-state index >= 15 is 0 Å². The topological polar surface area (TPSA) is 80.9 Å². The Labute approximate surface area is 111 Å². The molecule has 1 saturated carbocycles. The summed E-state index contributed by atoms with van der Waals surface area (Å²) in [6.07, 6.45) is 4.77. The molecule has 0 radical (unpaired) electrons. The van der Waals surface area contributed by atoms with Crippen LogP contribution in [0.3, 0.4) is 0 Å². The molecule has 1 fully saturated rings. The number of rotatable bonds is 7. The maximum absolute atomic E-state index is 11.3. The second-order valence-electron chi connectivity index (χ2n) is 4.51. The Hall–Kier alpha value is -1.14. The van der Waals surface area contributed by atoms with Gasteiger partial charge in [0.1, 0.15) is 0 Å². The molecule has 0 saturated heterocycles. The molecule has 1 aliphatic carbocycles. The van der Waals surface area contributed by atoms with Crippen LogP contribution in [0, 0.1) is 6.92 Å². The van der Waals surface area contributed by atoms with Gasteiger partial charge in [0.25, 0.3) is 0 Å². The Morgan fingerprint density at radius 1 is 1.67 bits per heavy atom. The summed E-state index contributed by atoms with van der Waals surface area (Å²) in [6.45, 7) is 1.94. The van der Waals surface area contributed by atoms with Gasteiger partial charge in [-0.15, -0.1) is 0 Å². The summed E-state index contributed by atoms with van der Waals surface area (Å²) in [4.78, 5) is 19.8. The molecule has 0 aliphatic heterocycles. The van der Waals surface area contributed by atoms with Crippen molar-refractivity contribution in [1.82, 2.24) is 15.3 Å². The maximum atomic E-state index is 11.3. The number of primary amides is 1. The molecule has 0 spiro atoms. The number of carbonyl (C=O) groups is 1. The van der Waals surface area contributed by atoms with Crippen LogP contribution in [0.15, 0.2) is 17.4 Å². The van der Waals surface area contributed by atoms with Crippen LogP contribution in [-0.4, -0.2) is 33.7 Å². The third-order valence-corrected chi connectivity index (χ3v) is 3.66. The number of nitrogens with zero attached hydrogens (tertiary/aromatic N) is 2. The van der Waals surface area contributed by atoms with Crippen LogP contribution in [0.2, 0.25) is 0 Å². The van der Waals surface area contributed by atoms with E-state index in [1.54, 1.807) is 18.0 Å². The highest BCUT2D eigenvalue weighted by Crippen LogP contribution is 2.21. The number of thioether (sulfide) groups is 1. The highest BCUT2D eigenvalue weighted by Gasteiger charge is 2.26. The van der Waals surface area contributed by atoms with E-state index in [4.69, 9.17) is 5.73 Å². The highest BCUT2D eigenvalue weighted by molar-refractivity contribution is 7.99. The van der Waals surface area contributed by atoms with Crippen molar-refractivity contribution in [3.63, 3.8) is 0 Å². The summed E-state index contributed by atoms with van der Waals surface area (Å²) < 4.78 is 0. The van der Waals surface area contributed by atoms with Gasteiger partial charge in [0.05, 0.1) is 6.04 Å². The van der Waals surface area contributed by atoms with Crippen molar-refractivity contribution in [1.29, 1.82) is 0 Å². The van der Waals surface area contributed by atoms with E-state index < -0.39 is 0 Å². The molecule has 3 N–H and O–H groups in total. The molecule has 1 unspecified atom stereocenters. The molecule has 1 amide bonds. The molecular weight excluding hydrogens is 248 g/mol. The van der Waals surface area contributed by atoms with Gasteiger partial charge >= 0.3 is 0 Å². The predicted molar refractivity (Wildman–Crippen MR) is 71.3 cm³/mol. The molecule has 1 aliphatic rings. The first-order valence-corrected chi connectivity index (χ1v) is 7.11. The number of amides is 1. The maximum Gasteiger partial charge on any atom is 0.234 e. The van der Waals surface area contributed by atoms with Gasteiger partial charge in [-0.2, -0.15) is 0 Å². The number of aryl methyl sites for hydroxylation is 1. The van der Waals surface area contributed by atoms with Crippen LogP contribution in [0.5, 0.6) is 0 Å². The van der Waals surface area contributed by atoms with E-state index in [1.165, 1.54) is 0 Å². The summed E-state index contributed by atoms with van der Waals surface area (Å²) in [6, 6.07) is 2.13. The van der Waals surface area contributed by atoms with Crippen molar-refractivity contribution in [3.8, 4) is 0 Å². The van der Waals surface area contributed by atoms with Crippen LogP contribution < -0.4 is 11.1 Å². The van der Waals surface area contributed by atoms with Gasteiger partial charge in [-0.25, -0.2) is 9.97 Å². The number of hydrogen-bond donors (Lipinski definition) is 2. The molecule has 0 aromatic carbocycles. The number of hydrogen-bond acceptors (Lipinski definition) is 5. The van der Waals surface area contributed by atoms with Crippen molar-refractivity contribution >= 4 is 17.7 Å². The van der Waals surface area contributed by atoms with Gasteiger partial charge in [0.2, 0.25) is 5.91 Å². The van der Waals surface area contributed by atoms with Crippen molar-refractivity contribution in [2.45, 2.75) is 43.4 Å². The van der Waals surface area contributed by atoms with Gasteiger partial charge in [-0.05, 0) is 32.3 Å². The first-order chi connectivity index (χ1) is 8.65. The summed E-state index contributed by atoms with van der Waals surface area (Å²) in [7, 11) is 0. The van der Waals surface area contributed by atoms with E-state index in [2.05, 4.69) is 15.3 Å². The minimum Gasteiger partial charge on any atom is -0.368 e. The van der Waals surface area contributed by atoms with E-state index in [1.807, 2.05) is 13.0 Å². The van der Waals surface area contributed by atoms with Gasteiger partial charge in [-0.3, -0.25) is 4.79 Å². The Kier molecular flexibility index (Phi) is 4.54. The van der Waals surface area contributed by atoms with Crippen molar-refractivity contribution in [2.75, 3.05) is 5.75 Å². The Bertz CT molecular complexity index is 422. The molecule has 5 nitrogen and oxygen atoms in total. The van der Waals surface area contributed by atoms with Crippen LogP contribution in [0.1, 0.15) is 25.0 Å². The Morgan fingerprint density at radius 2 is 2.44 bits per heavy atom. The molecule has 2 rings (SSSR count). The third-order valence-electron chi connectivity index (χ3n) is 2.77. The SMILES string of the molecule is Cc1ccnc(SCCC(NC2CC2)C(N)=O)n1. The molecule has 1 aromatic heterocycles. The zero-order valence-electron chi connectivity index (χ0n) is 10.4. The molecular formula is C12H18N4OS. The summed E-state index contributed by atoms with van der Waals surface area (Å²) in [5.41, 5.74) is 6.33. The first kappa shape index (κ1) is 13.3. The molecule has 1 atom stereocenters. The first-order valence-electron chi connectivity index (χ1n) is 6.13. The fourth-order valence-electron chi connectivity index (χ4n) is 1.61. The molecule has 1 aromatic rings. The smallest absolute Gasteiger partial charge is 0.234 e. The van der Waals surface area contributed by atoms with Gasteiger partial charge in [-0.1, -0.05) is 11.8 Å². The van der Waals surface area contributed by atoms with Crippen LogP contribution >= 0.6 is 11.8 Å². The monoisotopic (exact) mass is 266 g/mol. The summed E-state index contributed by atoms with van der Waals surface area (Å²) in [5, 5.41) is 4.01. The number of nitrogens with one attached hydrogen (secondary N) is 1. The van der Waals surface area contributed by atoms with Crippen LogP contribution in [-0.2, 0) is 4.79 Å². The van der Waals surface area contributed by atoms with Crippen molar-refractivity contribution in [3.05, 3.63) is 18.0 Å². The van der Waals surface area contributed by atoms with E-state index in [0.29, 0.717) is 12.5 Å². The molecule has 1 heterocycles. The number of carbonyl (C=O) groups excluding carboxylic acids is 1. The van der Waals surface area contributed by atoms with Crippen molar-refractivity contribution in [2.24, 2.45) is 5.73 Å². The van der Waals surface area contributed by atoms with Crippen molar-refractivity contribution < 1.29 is 4.79 Å². The lowest BCUT2D eigenvalue weighted by molar-refractivity contribution is -0.120. The largest absolute Gasteiger partial charge is 0.368 e. The molecule has 98 valence electrons. The van der Waals surface area contributed by atoms with Gasteiger partial charge < -0.3 is 11.1 Å². The lowest BCUT2D eigenvalue weighted by Crippen LogP contribution is -2.42. The third kappa shape index (κ3) is 4.27. The van der Waals surface area contributed by atoms with Crippen LogP contribution in [0.25, 0.3) is 0 Å². The normalized spacial score (nSPS) is 16.5. The fraction of sp³-hybridized carbons (Fsp3) is 0.583. The van der Waals surface area contributed by atoms with Gasteiger partial charge in [0, 0.05) is 23.7 Å². The Morgan fingerprint density at radius 3 is 3.06 bits per heavy atom. The number of nitrogens with two attached hydrogens (primary N) is 1.